The molecule has 184 valence electrons. The van der Waals surface area contributed by atoms with Crippen molar-refractivity contribution in [3.05, 3.63) is 45.6 Å². The van der Waals surface area contributed by atoms with Crippen molar-refractivity contribution in [3.63, 3.8) is 0 Å². The number of fused-ring (bicyclic) bond motifs is 1. The quantitative estimate of drug-likeness (QED) is 0.505. The molecule has 1 atom stereocenters. The largest absolute Gasteiger partial charge is 0.369 e. The second-order valence-electron chi connectivity index (χ2n) is 10.9. The Morgan fingerprint density at radius 3 is 2.83 bits per heavy atom. The minimum Gasteiger partial charge on any atom is -0.369 e. The lowest BCUT2D eigenvalue weighted by Crippen LogP contribution is -2.51. The van der Waals surface area contributed by atoms with Crippen LogP contribution in [0.2, 0.25) is 5.02 Å². The Labute approximate surface area is 215 Å². The van der Waals surface area contributed by atoms with Crippen LogP contribution in [0.3, 0.4) is 0 Å². The molecule has 2 saturated heterocycles. The van der Waals surface area contributed by atoms with Gasteiger partial charge >= 0.3 is 0 Å². The Balaban J connectivity index is 1.37. The van der Waals surface area contributed by atoms with Crippen LogP contribution in [0.1, 0.15) is 55.5 Å². The molecule has 4 heterocycles. The zero-order valence-corrected chi connectivity index (χ0v) is 22.1. The van der Waals surface area contributed by atoms with Gasteiger partial charge in [-0.2, -0.15) is 0 Å². The van der Waals surface area contributed by atoms with E-state index in [1.54, 1.807) is 17.7 Å². The topological polar surface area (TPSA) is 67.4 Å². The molecule has 1 aromatic carbocycles. The predicted molar refractivity (Wildman–Crippen MR) is 140 cm³/mol. The van der Waals surface area contributed by atoms with E-state index >= 15 is 0 Å². The average Bonchev–Trinajstić information content (AvgIpc) is 3.37. The summed E-state index contributed by atoms with van der Waals surface area (Å²) in [5, 5.41) is 4.21. The van der Waals surface area contributed by atoms with E-state index in [2.05, 4.69) is 42.0 Å². The first-order valence-electron chi connectivity index (χ1n) is 12.4. The number of carbonyl (C=O) groups is 1. The number of halogens is 1. The number of ether oxygens (including phenoxy) is 1. The highest BCUT2D eigenvalue weighted by molar-refractivity contribution is 7.19. The third-order valence-corrected chi connectivity index (χ3v) is 9.05. The number of amides is 1. The van der Waals surface area contributed by atoms with Gasteiger partial charge in [0.15, 0.2) is 0 Å². The number of hydrogen-bond acceptors (Lipinski definition) is 6. The number of nitrogens with one attached hydrogen (secondary N) is 1. The zero-order valence-electron chi connectivity index (χ0n) is 20.5. The monoisotopic (exact) mass is 510 g/mol. The maximum atomic E-state index is 12.6. The smallest absolute Gasteiger partial charge is 0.223 e. The summed E-state index contributed by atoms with van der Waals surface area (Å²) >= 11 is 8.25. The highest BCUT2D eigenvalue weighted by Gasteiger charge is 2.53. The number of carbonyl (C=O) groups excluding carboxylic acids is 1. The molecule has 2 aromatic heterocycles. The lowest BCUT2D eigenvalue weighted by molar-refractivity contribution is -0.129. The minimum absolute atomic E-state index is 0.0736. The van der Waals surface area contributed by atoms with Crippen LogP contribution < -0.4 is 5.32 Å². The van der Waals surface area contributed by atoms with Gasteiger partial charge in [0.2, 0.25) is 5.91 Å². The molecule has 1 amide bonds. The number of aromatic nitrogens is 2. The molecule has 6 rings (SSSR count). The summed E-state index contributed by atoms with van der Waals surface area (Å²) in [6.45, 7) is 8.69. The van der Waals surface area contributed by atoms with Gasteiger partial charge in [-0.1, -0.05) is 11.6 Å². The van der Waals surface area contributed by atoms with Crippen LogP contribution >= 0.6 is 22.9 Å². The van der Waals surface area contributed by atoms with E-state index in [0.717, 1.165) is 70.7 Å². The average molecular weight is 511 g/mol. The number of aryl methyl sites for hydroxylation is 1. The van der Waals surface area contributed by atoms with Crippen molar-refractivity contribution in [2.24, 2.45) is 0 Å². The van der Waals surface area contributed by atoms with Gasteiger partial charge in [-0.3, -0.25) is 4.79 Å². The van der Waals surface area contributed by atoms with Crippen molar-refractivity contribution >= 4 is 39.1 Å². The standard InChI is InChI=1S/C27H31ClN4O2S/c1-16-8-17(28)9-21(20(16)10-18-12-29-14-26(2,3)34-18)24-25-22(30-15-31-24)11-19(35-25)13-32-23(33)4-5-27(32)6-7-27/h8-9,11,15,18,29H,4-7,10,12-14H2,1-3H3. The van der Waals surface area contributed by atoms with E-state index < -0.39 is 0 Å². The van der Waals surface area contributed by atoms with E-state index in [-0.39, 0.29) is 23.2 Å². The van der Waals surface area contributed by atoms with E-state index in [9.17, 15) is 4.79 Å². The number of likely N-dealkylation sites (tertiary alicyclic amines) is 1. The summed E-state index contributed by atoms with van der Waals surface area (Å²) in [6, 6.07) is 6.17. The van der Waals surface area contributed by atoms with E-state index in [0.29, 0.717) is 18.0 Å². The van der Waals surface area contributed by atoms with Crippen LogP contribution in [0.15, 0.2) is 24.5 Å². The molecule has 1 aliphatic carbocycles. The van der Waals surface area contributed by atoms with Crippen molar-refractivity contribution in [3.8, 4) is 11.3 Å². The number of benzene rings is 1. The van der Waals surface area contributed by atoms with Crippen molar-refractivity contribution in [1.29, 1.82) is 0 Å². The summed E-state index contributed by atoms with van der Waals surface area (Å²) in [6.07, 6.45) is 6.44. The maximum Gasteiger partial charge on any atom is 0.223 e. The second kappa shape index (κ2) is 8.51. The van der Waals surface area contributed by atoms with Crippen LogP contribution in [0.25, 0.3) is 21.5 Å². The fourth-order valence-corrected chi connectivity index (χ4v) is 7.16. The van der Waals surface area contributed by atoms with Gasteiger partial charge in [-0.05, 0) is 69.4 Å². The third kappa shape index (κ3) is 4.37. The predicted octanol–water partition coefficient (Wildman–Crippen LogP) is 5.28. The van der Waals surface area contributed by atoms with Crippen LogP contribution in [0.5, 0.6) is 0 Å². The lowest BCUT2D eigenvalue weighted by atomic mass is 9.93. The first kappa shape index (κ1) is 23.3. The summed E-state index contributed by atoms with van der Waals surface area (Å²) < 4.78 is 7.44. The summed E-state index contributed by atoms with van der Waals surface area (Å²) in [5.74, 6) is 0.281. The number of nitrogens with zero attached hydrogens (tertiary/aromatic N) is 3. The molecule has 2 aliphatic heterocycles. The Morgan fingerprint density at radius 1 is 1.23 bits per heavy atom. The van der Waals surface area contributed by atoms with E-state index in [1.165, 1.54) is 5.56 Å². The minimum atomic E-state index is -0.194. The van der Waals surface area contributed by atoms with Gasteiger partial charge in [0.25, 0.3) is 0 Å². The van der Waals surface area contributed by atoms with Gasteiger partial charge in [-0.15, -0.1) is 11.3 Å². The second-order valence-corrected chi connectivity index (χ2v) is 12.5. The molecule has 0 radical (unpaired) electrons. The first-order valence-corrected chi connectivity index (χ1v) is 13.6. The third-order valence-electron chi connectivity index (χ3n) is 7.71. The molecule has 3 fully saturated rings. The Kier molecular flexibility index (Phi) is 5.68. The molecule has 1 N–H and O–H groups in total. The van der Waals surface area contributed by atoms with Gasteiger partial charge in [-0.25, -0.2) is 9.97 Å². The summed E-state index contributed by atoms with van der Waals surface area (Å²) in [5.41, 5.74) is 5.15. The highest BCUT2D eigenvalue weighted by atomic mass is 35.5. The maximum absolute atomic E-state index is 12.6. The molecular formula is C27H31ClN4O2S. The van der Waals surface area contributed by atoms with Crippen molar-refractivity contribution in [1.82, 2.24) is 20.2 Å². The molecule has 3 aromatic rings. The molecule has 35 heavy (non-hydrogen) atoms. The Hall–Kier alpha value is -2.06. The molecule has 3 aliphatic rings. The van der Waals surface area contributed by atoms with Gasteiger partial charge in [0.1, 0.15) is 6.33 Å². The van der Waals surface area contributed by atoms with Crippen LogP contribution in [-0.2, 0) is 22.5 Å². The van der Waals surface area contributed by atoms with Crippen LogP contribution in [0, 0.1) is 6.92 Å². The van der Waals surface area contributed by atoms with Crippen LogP contribution in [-0.4, -0.2) is 51.1 Å². The summed E-state index contributed by atoms with van der Waals surface area (Å²) in [4.78, 5) is 25.1. The molecule has 1 spiro atoms. The fourth-order valence-electron chi connectivity index (χ4n) is 5.79. The Bertz CT molecular complexity index is 1320. The fraction of sp³-hybridized carbons (Fsp3) is 0.519. The zero-order chi connectivity index (χ0) is 24.4. The number of morpholine rings is 1. The first-order chi connectivity index (χ1) is 16.7. The molecule has 8 heteroatoms. The highest BCUT2D eigenvalue weighted by Crippen LogP contribution is 2.51. The van der Waals surface area contributed by atoms with E-state index in [1.807, 2.05) is 12.1 Å². The van der Waals surface area contributed by atoms with E-state index in [4.69, 9.17) is 21.3 Å². The number of hydrogen-bond donors (Lipinski definition) is 1. The Morgan fingerprint density at radius 2 is 2.06 bits per heavy atom. The molecular weight excluding hydrogens is 480 g/mol. The normalized spacial score (nSPS) is 22.9. The number of thiophene rings is 1. The van der Waals surface area contributed by atoms with Gasteiger partial charge in [0, 0.05) is 46.9 Å². The van der Waals surface area contributed by atoms with Gasteiger partial charge in [0.05, 0.1) is 34.2 Å². The van der Waals surface area contributed by atoms with Gasteiger partial charge < -0.3 is 15.0 Å². The van der Waals surface area contributed by atoms with Crippen molar-refractivity contribution < 1.29 is 9.53 Å². The van der Waals surface area contributed by atoms with Crippen molar-refractivity contribution in [2.75, 3.05) is 13.1 Å². The summed E-state index contributed by atoms with van der Waals surface area (Å²) in [7, 11) is 0. The molecule has 1 saturated carbocycles. The molecule has 0 bridgehead atoms. The molecule has 6 nitrogen and oxygen atoms in total. The SMILES string of the molecule is Cc1cc(Cl)cc(-c2ncnc3cc(CN4C(=O)CCC45CC5)sc23)c1CC1CNCC(C)(C)O1. The number of rotatable bonds is 5. The van der Waals surface area contributed by atoms with Crippen molar-refractivity contribution in [2.45, 2.75) is 76.7 Å². The molecule has 1 unspecified atom stereocenters. The van der Waals surface area contributed by atoms with Crippen LogP contribution in [0.4, 0.5) is 0 Å². The lowest BCUT2D eigenvalue weighted by Gasteiger charge is -2.37.